The van der Waals surface area contributed by atoms with Crippen molar-refractivity contribution in [3.63, 3.8) is 0 Å². The number of hydrogen-bond acceptors (Lipinski definition) is 3. The second-order valence-corrected chi connectivity index (χ2v) is 14.3. The van der Waals surface area contributed by atoms with Crippen LogP contribution in [-0.4, -0.2) is 8.75 Å². The minimum atomic E-state index is -0.187. The molecule has 1 aromatic heterocycles. The molecular formula is C44H46F2N2S. The first-order valence-corrected chi connectivity index (χ1v) is 18.6. The van der Waals surface area contributed by atoms with Crippen molar-refractivity contribution in [2.75, 3.05) is 0 Å². The number of fused-ring (bicyclic) bond motifs is 1. The molecule has 0 spiro atoms. The Balaban J connectivity index is 1.18. The van der Waals surface area contributed by atoms with Crippen molar-refractivity contribution >= 4 is 22.8 Å². The van der Waals surface area contributed by atoms with Gasteiger partial charge in [0, 0.05) is 22.3 Å². The minimum Gasteiger partial charge on any atom is -0.206 e. The van der Waals surface area contributed by atoms with Gasteiger partial charge >= 0.3 is 0 Å². The molecule has 0 fully saturated rings. The van der Waals surface area contributed by atoms with Gasteiger partial charge in [-0.3, -0.25) is 0 Å². The summed E-state index contributed by atoms with van der Waals surface area (Å²) in [6.07, 6.45) is 8.90. The molecular weight excluding hydrogens is 627 g/mol. The molecule has 0 saturated heterocycles. The number of halogens is 2. The van der Waals surface area contributed by atoms with E-state index in [1.54, 1.807) is 12.1 Å². The molecule has 1 heterocycles. The number of nitrogens with zero attached hydrogens (tertiary/aromatic N) is 2. The van der Waals surface area contributed by atoms with Crippen molar-refractivity contribution in [3.05, 3.63) is 120 Å². The highest BCUT2D eigenvalue weighted by molar-refractivity contribution is 7.00. The monoisotopic (exact) mass is 672 g/mol. The molecule has 0 bridgehead atoms. The normalized spacial score (nSPS) is 12.2. The van der Waals surface area contributed by atoms with Gasteiger partial charge in [-0.25, -0.2) is 8.78 Å². The first kappa shape index (κ1) is 34.6. The first-order chi connectivity index (χ1) is 23.8. The van der Waals surface area contributed by atoms with Crippen LogP contribution in [0.15, 0.2) is 97.1 Å². The molecule has 49 heavy (non-hydrogen) atoms. The topological polar surface area (TPSA) is 25.8 Å². The smallest absolute Gasteiger partial charge is 0.131 e. The van der Waals surface area contributed by atoms with Gasteiger partial charge in [-0.1, -0.05) is 138 Å². The zero-order chi connectivity index (χ0) is 34.3. The Kier molecular flexibility index (Phi) is 11.3. The van der Waals surface area contributed by atoms with Crippen molar-refractivity contribution in [1.82, 2.24) is 8.75 Å². The number of aromatic nitrogens is 2. The summed E-state index contributed by atoms with van der Waals surface area (Å²) in [5.41, 5.74) is 10.7. The average Bonchev–Trinajstić information content (AvgIpc) is 3.61. The lowest BCUT2D eigenvalue weighted by molar-refractivity contribution is 0.421. The van der Waals surface area contributed by atoms with Gasteiger partial charge in [0.05, 0.1) is 11.7 Å². The highest BCUT2D eigenvalue weighted by Gasteiger charge is 2.16. The van der Waals surface area contributed by atoms with E-state index in [-0.39, 0.29) is 11.6 Å². The Bertz CT molecular complexity index is 1990. The van der Waals surface area contributed by atoms with E-state index in [0.29, 0.717) is 23.0 Å². The second kappa shape index (κ2) is 16.0. The molecule has 2 nitrogen and oxygen atoms in total. The second-order valence-electron chi connectivity index (χ2n) is 13.8. The third-order valence-corrected chi connectivity index (χ3v) is 10.4. The van der Waals surface area contributed by atoms with Gasteiger partial charge in [-0.05, 0) is 83.0 Å². The van der Waals surface area contributed by atoms with Gasteiger partial charge in [0.15, 0.2) is 0 Å². The first-order valence-electron chi connectivity index (χ1n) is 17.9. The molecule has 0 radical (unpaired) electrons. The number of benzene rings is 5. The van der Waals surface area contributed by atoms with Crippen LogP contribution in [0.1, 0.15) is 77.3 Å². The van der Waals surface area contributed by atoms with Crippen LogP contribution in [0.4, 0.5) is 8.78 Å². The predicted molar refractivity (Wildman–Crippen MR) is 204 cm³/mol. The zero-order valence-electron chi connectivity index (χ0n) is 29.1. The summed E-state index contributed by atoms with van der Waals surface area (Å²) >= 11 is 1.19. The number of aryl methyl sites for hydroxylation is 2. The highest BCUT2D eigenvalue weighted by atomic mass is 32.1. The molecule has 252 valence electrons. The summed E-state index contributed by atoms with van der Waals surface area (Å²) in [5.74, 6) is 0.943. The molecule has 6 aromatic rings. The molecule has 0 N–H and O–H groups in total. The van der Waals surface area contributed by atoms with Crippen molar-refractivity contribution in [2.45, 2.75) is 79.1 Å². The van der Waals surface area contributed by atoms with E-state index in [4.69, 9.17) is 0 Å². The molecule has 0 aliphatic rings. The van der Waals surface area contributed by atoms with Gasteiger partial charge in [0.1, 0.15) is 22.7 Å². The molecule has 0 aliphatic carbocycles. The largest absolute Gasteiger partial charge is 0.206 e. The Labute approximate surface area is 294 Å². The Morgan fingerprint density at radius 3 is 1.39 bits per heavy atom. The van der Waals surface area contributed by atoms with E-state index in [2.05, 4.69) is 54.6 Å². The summed E-state index contributed by atoms with van der Waals surface area (Å²) in [6.45, 7) is 8.87. The van der Waals surface area contributed by atoms with Gasteiger partial charge in [0.25, 0.3) is 0 Å². The summed E-state index contributed by atoms with van der Waals surface area (Å²) in [6, 6.07) is 31.5. The zero-order valence-corrected chi connectivity index (χ0v) is 29.9. The lowest BCUT2D eigenvalue weighted by atomic mass is 9.91. The highest BCUT2D eigenvalue weighted by Crippen LogP contribution is 2.37. The fraction of sp³-hybridized carbons (Fsp3) is 0.318. The number of rotatable bonds is 14. The SMILES string of the molecule is CCCCC(CC)CCc1ccc(-c2ccc(-c3ccc(-c4ccc(-c5ccc(CCC(C)C)cc5F)cc4)c4nsnc34)cc2)c(F)c1. The number of unbranched alkanes of at least 4 members (excludes halogenated alkanes) is 1. The Morgan fingerprint density at radius 1 is 0.551 bits per heavy atom. The summed E-state index contributed by atoms with van der Waals surface area (Å²) in [5, 5.41) is 0. The van der Waals surface area contributed by atoms with E-state index >= 15 is 8.78 Å². The maximum atomic E-state index is 15.3. The van der Waals surface area contributed by atoms with Crippen molar-refractivity contribution in [3.8, 4) is 44.5 Å². The standard InChI is InChI=1S/C44H46F2N2S/c1-5-7-8-30(6-2)11-12-32-14-24-38(42(46)28-32)34-17-21-36(22-18-34)40-26-25-39(43-44(40)48-49-47-43)35-19-15-33(16-20-35)37-23-13-31(27-41(37)45)10-9-29(3)4/h13-30H,5-12H2,1-4H3. The van der Waals surface area contributed by atoms with Crippen LogP contribution in [0, 0.1) is 23.5 Å². The minimum absolute atomic E-state index is 0.172. The Hall–Kier alpha value is -4.22. The van der Waals surface area contributed by atoms with Crippen molar-refractivity contribution < 1.29 is 8.78 Å². The van der Waals surface area contributed by atoms with Crippen LogP contribution in [0.5, 0.6) is 0 Å². The lowest BCUT2D eigenvalue weighted by Crippen LogP contribution is -2.01. The maximum Gasteiger partial charge on any atom is 0.131 e. The van der Waals surface area contributed by atoms with Gasteiger partial charge in [-0.2, -0.15) is 8.75 Å². The molecule has 0 saturated carbocycles. The fourth-order valence-corrected chi connectivity index (χ4v) is 7.33. The van der Waals surface area contributed by atoms with E-state index in [9.17, 15) is 0 Å². The predicted octanol–water partition coefficient (Wildman–Crippen LogP) is 13.4. The summed E-state index contributed by atoms with van der Waals surface area (Å²) in [7, 11) is 0. The van der Waals surface area contributed by atoms with Gasteiger partial charge < -0.3 is 0 Å². The van der Waals surface area contributed by atoms with E-state index in [0.717, 1.165) is 81.2 Å². The molecule has 5 aromatic carbocycles. The molecule has 1 unspecified atom stereocenters. The molecule has 6 rings (SSSR count). The van der Waals surface area contributed by atoms with Crippen LogP contribution >= 0.6 is 11.7 Å². The van der Waals surface area contributed by atoms with E-state index in [1.165, 1.54) is 37.4 Å². The summed E-state index contributed by atoms with van der Waals surface area (Å²) in [4.78, 5) is 0. The Morgan fingerprint density at radius 2 is 0.980 bits per heavy atom. The van der Waals surface area contributed by atoms with Crippen LogP contribution in [0.2, 0.25) is 0 Å². The van der Waals surface area contributed by atoms with Gasteiger partial charge in [-0.15, -0.1) is 0 Å². The average molecular weight is 673 g/mol. The third kappa shape index (κ3) is 8.16. The molecule has 0 aliphatic heterocycles. The summed E-state index contributed by atoms with van der Waals surface area (Å²) < 4.78 is 39.7. The van der Waals surface area contributed by atoms with Crippen LogP contribution < -0.4 is 0 Å². The van der Waals surface area contributed by atoms with Crippen LogP contribution in [0.3, 0.4) is 0 Å². The lowest BCUT2D eigenvalue weighted by Gasteiger charge is -2.14. The quantitative estimate of drug-likeness (QED) is 0.115. The van der Waals surface area contributed by atoms with Crippen LogP contribution in [0.25, 0.3) is 55.5 Å². The molecule has 1 atom stereocenters. The fourth-order valence-electron chi connectivity index (χ4n) is 6.76. The molecule has 5 heteroatoms. The van der Waals surface area contributed by atoms with Gasteiger partial charge in [0.2, 0.25) is 0 Å². The van der Waals surface area contributed by atoms with Crippen molar-refractivity contribution in [1.29, 1.82) is 0 Å². The van der Waals surface area contributed by atoms with E-state index < -0.39 is 0 Å². The van der Waals surface area contributed by atoms with Crippen LogP contribution in [-0.2, 0) is 12.8 Å². The van der Waals surface area contributed by atoms with Crippen molar-refractivity contribution in [2.24, 2.45) is 11.8 Å². The maximum absolute atomic E-state index is 15.3. The number of hydrogen-bond donors (Lipinski definition) is 0. The molecule has 0 amide bonds. The van der Waals surface area contributed by atoms with E-state index in [1.807, 2.05) is 66.7 Å². The third-order valence-electron chi connectivity index (χ3n) is 9.89.